The molecule has 17 heavy (non-hydrogen) atoms. The van der Waals surface area contributed by atoms with Crippen molar-refractivity contribution in [2.45, 2.75) is 0 Å². The van der Waals surface area contributed by atoms with Crippen LogP contribution in [0.3, 0.4) is 0 Å². The molecule has 0 radical (unpaired) electrons. The van der Waals surface area contributed by atoms with E-state index in [1.807, 2.05) is 19.0 Å². The number of hydrogen-bond acceptors (Lipinski definition) is 6. The van der Waals surface area contributed by atoms with Crippen LogP contribution in [0.15, 0.2) is 10.7 Å². The third-order valence-electron chi connectivity index (χ3n) is 1.93. The van der Waals surface area contributed by atoms with Crippen LogP contribution in [-0.4, -0.2) is 61.4 Å². The molecule has 1 aromatic heterocycles. The Morgan fingerprint density at radius 2 is 2.35 bits per heavy atom. The summed E-state index contributed by atoms with van der Waals surface area (Å²) in [4.78, 5) is 16.3. The molecule has 0 aliphatic carbocycles. The third kappa shape index (κ3) is 5.32. The summed E-state index contributed by atoms with van der Waals surface area (Å²) in [7, 11) is 3.95. The molecule has 0 amide bonds. The number of ether oxygens (including phenoxy) is 1. The number of nitrogens with one attached hydrogen (secondary N) is 1. The summed E-state index contributed by atoms with van der Waals surface area (Å²) in [6, 6.07) is 0.193. The standard InChI is InChI=1S/C10H17N3O4/c1-13(2)4-6-16-5-3-11-10-12-8(7-17-10)9(14)15/h7H,3-6H2,1-2H3,(H,11,12)(H,14,15). The first-order valence-electron chi connectivity index (χ1n) is 5.25. The highest BCUT2D eigenvalue weighted by atomic mass is 16.5. The fourth-order valence-electron chi connectivity index (χ4n) is 1.03. The van der Waals surface area contributed by atoms with Crippen LogP contribution >= 0.6 is 0 Å². The van der Waals surface area contributed by atoms with Crippen LogP contribution in [0.5, 0.6) is 0 Å². The van der Waals surface area contributed by atoms with Crippen molar-refractivity contribution in [3.63, 3.8) is 0 Å². The SMILES string of the molecule is CN(C)CCOCCNc1nc(C(=O)O)co1. The molecule has 1 rings (SSSR count). The summed E-state index contributed by atoms with van der Waals surface area (Å²) in [6.07, 6.45) is 1.09. The van der Waals surface area contributed by atoms with E-state index in [-0.39, 0.29) is 11.7 Å². The Bertz CT molecular complexity index is 351. The fourth-order valence-corrected chi connectivity index (χ4v) is 1.03. The second kappa shape index (κ2) is 6.87. The minimum atomic E-state index is -1.11. The lowest BCUT2D eigenvalue weighted by atomic mass is 10.5. The van der Waals surface area contributed by atoms with Gasteiger partial charge in [0.2, 0.25) is 0 Å². The third-order valence-corrected chi connectivity index (χ3v) is 1.93. The van der Waals surface area contributed by atoms with E-state index in [4.69, 9.17) is 14.3 Å². The van der Waals surface area contributed by atoms with E-state index in [1.54, 1.807) is 0 Å². The summed E-state index contributed by atoms with van der Waals surface area (Å²) in [5, 5.41) is 11.4. The van der Waals surface area contributed by atoms with E-state index in [0.29, 0.717) is 19.8 Å². The predicted octanol–water partition coefficient (Wildman–Crippen LogP) is 0.363. The van der Waals surface area contributed by atoms with Crippen molar-refractivity contribution in [1.82, 2.24) is 9.88 Å². The van der Waals surface area contributed by atoms with Crippen molar-refractivity contribution in [3.05, 3.63) is 12.0 Å². The van der Waals surface area contributed by atoms with Gasteiger partial charge in [0.1, 0.15) is 6.26 Å². The van der Waals surface area contributed by atoms with Crippen molar-refractivity contribution in [1.29, 1.82) is 0 Å². The summed E-state index contributed by atoms with van der Waals surface area (Å²) < 4.78 is 10.2. The Kier molecular flexibility index (Phi) is 5.44. The maximum absolute atomic E-state index is 10.5. The molecule has 2 N–H and O–H groups in total. The van der Waals surface area contributed by atoms with Crippen LogP contribution in [0, 0.1) is 0 Å². The molecule has 0 aliphatic rings. The molecule has 96 valence electrons. The van der Waals surface area contributed by atoms with Crippen LogP contribution in [0.25, 0.3) is 0 Å². The van der Waals surface area contributed by atoms with Crippen molar-refractivity contribution in [2.75, 3.05) is 45.7 Å². The number of rotatable bonds is 8. The number of carbonyl (C=O) groups is 1. The van der Waals surface area contributed by atoms with E-state index in [9.17, 15) is 4.79 Å². The first-order chi connectivity index (χ1) is 8.09. The van der Waals surface area contributed by atoms with Gasteiger partial charge in [-0.1, -0.05) is 0 Å². The van der Waals surface area contributed by atoms with Crippen LogP contribution < -0.4 is 5.32 Å². The molecule has 7 heteroatoms. The van der Waals surface area contributed by atoms with E-state index in [2.05, 4.69) is 10.3 Å². The van der Waals surface area contributed by atoms with Crippen molar-refractivity contribution >= 4 is 12.0 Å². The average Bonchev–Trinajstić information content (AvgIpc) is 2.71. The van der Waals surface area contributed by atoms with Crippen LogP contribution in [0.4, 0.5) is 6.01 Å². The number of carboxylic acid groups (broad SMARTS) is 1. The molecule has 0 saturated heterocycles. The number of carboxylic acids is 1. The van der Waals surface area contributed by atoms with Gasteiger partial charge < -0.3 is 24.5 Å². The molecular weight excluding hydrogens is 226 g/mol. The fraction of sp³-hybridized carbons (Fsp3) is 0.600. The second-order valence-corrected chi connectivity index (χ2v) is 3.69. The van der Waals surface area contributed by atoms with E-state index in [0.717, 1.165) is 12.8 Å². The molecule has 0 bridgehead atoms. The largest absolute Gasteiger partial charge is 0.476 e. The van der Waals surface area contributed by atoms with Gasteiger partial charge in [-0.05, 0) is 14.1 Å². The quantitative estimate of drug-likeness (QED) is 0.637. The summed E-state index contributed by atoms with van der Waals surface area (Å²) in [5.74, 6) is -1.11. The maximum atomic E-state index is 10.5. The average molecular weight is 243 g/mol. The number of oxazole rings is 1. The Hall–Kier alpha value is -1.60. The number of hydrogen-bond donors (Lipinski definition) is 2. The smallest absolute Gasteiger partial charge is 0.357 e. The first kappa shape index (κ1) is 13.5. The molecule has 1 aromatic rings. The number of nitrogens with zero attached hydrogens (tertiary/aromatic N) is 2. The normalized spacial score (nSPS) is 10.8. The maximum Gasteiger partial charge on any atom is 0.357 e. The van der Waals surface area contributed by atoms with Crippen LogP contribution in [0.1, 0.15) is 10.5 Å². The highest BCUT2D eigenvalue weighted by Gasteiger charge is 2.09. The Morgan fingerprint density at radius 3 is 2.94 bits per heavy atom. The molecule has 0 unspecified atom stereocenters. The summed E-state index contributed by atoms with van der Waals surface area (Å²) in [5.41, 5.74) is -0.110. The van der Waals surface area contributed by atoms with Crippen LogP contribution in [-0.2, 0) is 4.74 Å². The van der Waals surface area contributed by atoms with Gasteiger partial charge in [-0.15, -0.1) is 0 Å². The molecule has 0 fully saturated rings. The Morgan fingerprint density at radius 1 is 1.59 bits per heavy atom. The van der Waals surface area contributed by atoms with Crippen LogP contribution in [0.2, 0.25) is 0 Å². The molecule has 1 heterocycles. The lowest BCUT2D eigenvalue weighted by molar-refractivity contribution is 0.0690. The predicted molar refractivity (Wildman–Crippen MR) is 61.3 cm³/mol. The number of anilines is 1. The lowest BCUT2D eigenvalue weighted by Crippen LogP contribution is -2.20. The van der Waals surface area contributed by atoms with Gasteiger partial charge in [-0.25, -0.2) is 4.79 Å². The van der Waals surface area contributed by atoms with E-state index < -0.39 is 5.97 Å². The molecular formula is C10H17N3O4. The lowest BCUT2D eigenvalue weighted by Gasteiger charge is -2.09. The molecule has 0 spiro atoms. The number of aromatic nitrogens is 1. The summed E-state index contributed by atoms with van der Waals surface area (Å²) >= 11 is 0. The highest BCUT2D eigenvalue weighted by molar-refractivity contribution is 5.85. The molecule has 0 aliphatic heterocycles. The minimum absolute atomic E-state index is 0.110. The molecule has 0 aromatic carbocycles. The zero-order valence-electron chi connectivity index (χ0n) is 9.97. The van der Waals surface area contributed by atoms with Gasteiger partial charge in [0.15, 0.2) is 5.69 Å². The highest BCUT2D eigenvalue weighted by Crippen LogP contribution is 2.06. The molecule has 0 saturated carbocycles. The van der Waals surface area contributed by atoms with Gasteiger partial charge >= 0.3 is 5.97 Å². The van der Waals surface area contributed by atoms with Gasteiger partial charge in [0, 0.05) is 13.1 Å². The van der Waals surface area contributed by atoms with Crippen molar-refractivity contribution in [3.8, 4) is 0 Å². The molecule has 7 nitrogen and oxygen atoms in total. The topological polar surface area (TPSA) is 87.8 Å². The van der Waals surface area contributed by atoms with Crippen molar-refractivity contribution < 1.29 is 19.1 Å². The van der Waals surface area contributed by atoms with E-state index >= 15 is 0 Å². The van der Waals surface area contributed by atoms with Gasteiger partial charge in [0.25, 0.3) is 6.01 Å². The van der Waals surface area contributed by atoms with Crippen molar-refractivity contribution in [2.24, 2.45) is 0 Å². The Labute approximate surface area is 99.4 Å². The van der Waals surface area contributed by atoms with Gasteiger partial charge in [-0.3, -0.25) is 0 Å². The zero-order valence-corrected chi connectivity index (χ0v) is 9.97. The molecule has 0 atom stereocenters. The van der Waals surface area contributed by atoms with Gasteiger partial charge in [-0.2, -0.15) is 4.98 Å². The zero-order chi connectivity index (χ0) is 12.7. The second-order valence-electron chi connectivity index (χ2n) is 3.69. The van der Waals surface area contributed by atoms with Gasteiger partial charge in [0.05, 0.1) is 13.2 Å². The minimum Gasteiger partial charge on any atom is -0.476 e. The first-order valence-corrected chi connectivity index (χ1v) is 5.25. The number of aromatic carboxylic acids is 1. The summed E-state index contributed by atoms with van der Waals surface area (Å²) in [6.45, 7) is 2.55. The monoisotopic (exact) mass is 243 g/mol. The van der Waals surface area contributed by atoms with E-state index in [1.165, 1.54) is 0 Å². The number of likely N-dealkylation sites (N-methyl/N-ethyl adjacent to an activating group) is 1. The Balaban J connectivity index is 2.11.